The van der Waals surface area contributed by atoms with Gasteiger partial charge in [-0.3, -0.25) is 0 Å². The van der Waals surface area contributed by atoms with Crippen LogP contribution in [-0.4, -0.2) is 19.6 Å². The van der Waals surface area contributed by atoms with Gasteiger partial charge in [-0.2, -0.15) is 13.2 Å². The van der Waals surface area contributed by atoms with Gasteiger partial charge >= 0.3 is 6.18 Å². The van der Waals surface area contributed by atoms with E-state index < -0.39 is 20.6 Å². The summed E-state index contributed by atoms with van der Waals surface area (Å²) in [4.78, 5) is 0. The van der Waals surface area contributed by atoms with Crippen LogP contribution in [0.25, 0.3) is 11.1 Å². The number of benzene rings is 2. The predicted molar refractivity (Wildman–Crippen MR) is 101 cm³/mol. The summed E-state index contributed by atoms with van der Waals surface area (Å²) in [6.07, 6.45) is -7.12. The second kappa shape index (κ2) is 7.08. The van der Waals surface area contributed by atoms with Crippen molar-refractivity contribution in [1.82, 2.24) is 0 Å². The molecule has 0 amide bonds. The largest absolute Gasteiger partial charge is 0.544 e. The van der Waals surface area contributed by atoms with Crippen molar-refractivity contribution in [2.24, 2.45) is 0 Å². The van der Waals surface area contributed by atoms with Crippen LogP contribution in [0.5, 0.6) is 5.75 Å². The summed E-state index contributed by atoms with van der Waals surface area (Å²) < 4.78 is 43.9. The average Bonchev–Trinajstić information content (AvgIpc) is 2.53. The highest BCUT2D eigenvalue weighted by atomic mass is 28.4. The first-order valence-corrected chi connectivity index (χ1v) is 11.4. The molecule has 2 rings (SSSR count). The molecule has 0 aliphatic carbocycles. The van der Waals surface area contributed by atoms with Crippen molar-refractivity contribution in [3.05, 3.63) is 54.1 Å². The van der Waals surface area contributed by atoms with Crippen LogP contribution in [0, 0.1) is 0 Å². The van der Waals surface area contributed by atoms with Gasteiger partial charge < -0.3 is 9.53 Å². The molecule has 0 aromatic heterocycles. The molecule has 0 aliphatic rings. The van der Waals surface area contributed by atoms with Gasteiger partial charge in [-0.25, -0.2) is 0 Å². The number of alkyl halides is 3. The fraction of sp³-hybridized carbons (Fsp3) is 0.400. The number of aliphatic hydroxyl groups is 1. The van der Waals surface area contributed by atoms with Crippen molar-refractivity contribution in [1.29, 1.82) is 0 Å². The number of rotatable bonds is 4. The van der Waals surface area contributed by atoms with E-state index in [2.05, 4.69) is 33.9 Å². The third kappa shape index (κ3) is 4.68. The van der Waals surface area contributed by atoms with Crippen molar-refractivity contribution < 1.29 is 22.7 Å². The molecule has 0 saturated heterocycles. The highest BCUT2D eigenvalue weighted by molar-refractivity contribution is 6.74. The van der Waals surface area contributed by atoms with Gasteiger partial charge in [0.05, 0.1) is 0 Å². The summed E-state index contributed by atoms with van der Waals surface area (Å²) in [5.74, 6) is 0.796. The molecule has 0 fully saturated rings. The van der Waals surface area contributed by atoms with Crippen molar-refractivity contribution in [3.8, 4) is 16.9 Å². The van der Waals surface area contributed by atoms with Crippen LogP contribution in [0.1, 0.15) is 32.4 Å². The second-order valence-electron chi connectivity index (χ2n) is 7.95. The molecule has 1 atom stereocenters. The van der Waals surface area contributed by atoms with Crippen LogP contribution in [-0.2, 0) is 0 Å². The smallest absolute Gasteiger partial charge is 0.418 e. The minimum atomic E-state index is -4.66. The van der Waals surface area contributed by atoms with Crippen molar-refractivity contribution in [2.45, 2.75) is 51.2 Å². The fourth-order valence-corrected chi connectivity index (χ4v) is 3.24. The Hall–Kier alpha value is -1.79. The Labute approximate surface area is 153 Å². The van der Waals surface area contributed by atoms with E-state index in [1.54, 1.807) is 12.1 Å². The van der Waals surface area contributed by atoms with Crippen LogP contribution in [0.4, 0.5) is 13.2 Å². The Morgan fingerprint density at radius 1 is 0.846 bits per heavy atom. The lowest BCUT2D eigenvalue weighted by molar-refractivity contribution is -0.206. The van der Waals surface area contributed by atoms with Gasteiger partial charge in [-0.15, -0.1) is 0 Å². The Balaban J connectivity index is 2.16. The van der Waals surface area contributed by atoms with Crippen LogP contribution in [0.2, 0.25) is 18.1 Å². The quantitative estimate of drug-likeness (QED) is 0.626. The van der Waals surface area contributed by atoms with Gasteiger partial charge in [0.2, 0.25) is 8.32 Å². The molecule has 1 N–H and O–H groups in total. The zero-order chi connectivity index (χ0) is 19.8. The minimum Gasteiger partial charge on any atom is -0.544 e. The van der Waals surface area contributed by atoms with Gasteiger partial charge in [-0.1, -0.05) is 57.2 Å². The molecule has 0 saturated carbocycles. The molecule has 6 heteroatoms. The van der Waals surface area contributed by atoms with Crippen molar-refractivity contribution >= 4 is 8.32 Å². The lowest BCUT2D eigenvalue weighted by Crippen LogP contribution is -2.43. The molecule has 0 heterocycles. The molecular weight excluding hydrogens is 357 g/mol. The summed E-state index contributed by atoms with van der Waals surface area (Å²) in [6, 6.07) is 13.3. The maximum Gasteiger partial charge on any atom is 0.418 e. The summed E-state index contributed by atoms with van der Waals surface area (Å²) in [7, 11) is -1.91. The molecule has 2 nitrogen and oxygen atoms in total. The van der Waals surface area contributed by atoms with Crippen molar-refractivity contribution in [2.75, 3.05) is 0 Å². The zero-order valence-electron chi connectivity index (χ0n) is 15.7. The first-order valence-electron chi connectivity index (χ1n) is 8.45. The molecule has 0 radical (unpaired) electrons. The molecule has 0 aliphatic heterocycles. The first kappa shape index (κ1) is 20.5. The summed E-state index contributed by atoms with van der Waals surface area (Å²) in [5, 5.41) is 9.39. The van der Waals surface area contributed by atoms with E-state index in [4.69, 9.17) is 4.43 Å². The standard InChI is InChI=1S/C20H25F3O2Si/c1-19(2,3)26(4,5)25-17-12-10-15(11-13-17)14-6-8-16(9-7-14)18(24)20(21,22)23/h6-13,18,24H,1-5H3/t18-/m1/s1. The SMILES string of the molecule is CC(C)(C)[Si](C)(C)Oc1ccc(-c2ccc([C@@H](O)C(F)(F)F)cc2)cc1. The average molecular weight is 382 g/mol. The lowest BCUT2D eigenvalue weighted by Gasteiger charge is -2.36. The number of hydrogen-bond donors (Lipinski definition) is 1. The molecule has 0 unspecified atom stereocenters. The molecule has 0 bridgehead atoms. The van der Waals surface area contributed by atoms with Gasteiger partial charge in [0.25, 0.3) is 0 Å². The zero-order valence-corrected chi connectivity index (χ0v) is 16.7. The predicted octanol–water partition coefficient (Wildman–Crippen LogP) is 6.33. The van der Waals surface area contributed by atoms with E-state index in [0.29, 0.717) is 0 Å². The van der Waals surface area contributed by atoms with E-state index >= 15 is 0 Å². The first-order chi connectivity index (χ1) is 11.8. The molecule has 142 valence electrons. The summed E-state index contributed by atoms with van der Waals surface area (Å²) >= 11 is 0. The Bertz CT molecular complexity index is 730. The van der Waals surface area contributed by atoms with Crippen LogP contribution in [0.15, 0.2) is 48.5 Å². The van der Waals surface area contributed by atoms with E-state index in [-0.39, 0.29) is 10.6 Å². The van der Waals surface area contributed by atoms with E-state index in [9.17, 15) is 18.3 Å². The second-order valence-corrected chi connectivity index (χ2v) is 12.7. The van der Waals surface area contributed by atoms with E-state index in [1.807, 2.05) is 24.3 Å². The van der Waals surface area contributed by atoms with Gasteiger partial charge in [0.15, 0.2) is 6.10 Å². The molecule has 2 aromatic carbocycles. The minimum absolute atomic E-state index is 0.0980. The van der Waals surface area contributed by atoms with E-state index in [1.165, 1.54) is 12.1 Å². The van der Waals surface area contributed by atoms with Crippen LogP contribution >= 0.6 is 0 Å². The van der Waals surface area contributed by atoms with Crippen molar-refractivity contribution in [3.63, 3.8) is 0 Å². The number of hydrogen-bond acceptors (Lipinski definition) is 2. The molecular formula is C20H25F3O2Si. The van der Waals surface area contributed by atoms with E-state index in [0.717, 1.165) is 16.9 Å². The maximum atomic E-state index is 12.6. The normalized spacial score (nSPS) is 14.2. The van der Waals surface area contributed by atoms with Gasteiger partial charge in [0, 0.05) is 0 Å². The third-order valence-corrected chi connectivity index (χ3v) is 9.26. The monoisotopic (exact) mass is 382 g/mol. The Morgan fingerprint density at radius 2 is 1.27 bits per heavy atom. The Kier molecular flexibility index (Phi) is 5.59. The fourth-order valence-electron chi connectivity index (χ4n) is 2.21. The summed E-state index contributed by atoms with van der Waals surface area (Å²) in [6.45, 7) is 10.9. The van der Waals surface area contributed by atoms with Crippen LogP contribution < -0.4 is 4.43 Å². The molecule has 26 heavy (non-hydrogen) atoms. The maximum absolute atomic E-state index is 12.6. The Morgan fingerprint density at radius 3 is 1.65 bits per heavy atom. The van der Waals surface area contributed by atoms with Crippen LogP contribution in [0.3, 0.4) is 0 Å². The highest BCUT2D eigenvalue weighted by Gasteiger charge is 2.39. The molecule has 0 spiro atoms. The number of aliphatic hydroxyl groups excluding tert-OH is 1. The number of halogens is 3. The third-order valence-electron chi connectivity index (χ3n) is 4.90. The topological polar surface area (TPSA) is 29.5 Å². The highest BCUT2D eigenvalue weighted by Crippen LogP contribution is 2.38. The van der Waals surface area contributed by atoms with Gasteiger partial charge in [-0.05, 0) is 47.0 Å². The van der Waals surface area contributed by atoms with Gasteiger partial charge in [0.1, 0.15) is 5.75 Å². The lowest BCUT2D eigenvalue weighted by atomic mass is 10.0. The molecule has 2 aromatic rings. The summed E-state index contributed by atoms with van der Waals surface area (Å²) in [5.41, 5.74) is 1.49.